The van der Waals surface area contributed by atoms with Gasteiger partial charge < -0.3 is 25.5 Å². The number of para-hydroxylation sites is 1. The number of likely N-dealkylation sites (tertiary alicyclic amines) is 1. The van der Waals surface area contributed by atoms with Crippen molar-refractivity contribution in [2.24, 2.45) is 11.8 Å². The van der Waals surface area contributed by atoms with E-state index in [1.165, 1.54) is 11.3 Å². The molecule has 3 aliphatic rings. The third kappa shape index (κ3) is 5.95. The van der Waals surface area contributed by atoms with E-state index >= 15 is 0 Å². The molecule has 0 spiro atoms. The Morgan fingerprint density at radius 1 is 1.07 bits per heavy atom. The van der Waals surface area contributed by atoms with Crippen LogP contribution < -0.4 is 15.5 Å². The summed E-state index contributed by atoms with van der Waals surface area (Å²) in [5, 5.41) is 16.5. The van der Waals surface area contributed by atoms with Gasteiger partial charge in [-0.1, -0.05) is 35.1 Å². The molecule has 11 nitrogen and oxygen atoms in total. The van der Waals surface area contributed by atoms with E-state index in [-0.39, 0.29) is 5.91 Å². The van der Waals surface area contributed by atoms with Crippen molar-refractivity contribution in [3.8, 4) is 0 Å². The Hall–Kier alpha value is -3.48. The lowest BCUT2D eigenvalue weighted by Gasteiger charge is -2.39. The van der Waals surface area contributed by atoms with Crippen LogP contribution in [0, 0.1) is 25.7 Å². The highest BCUT2D eigenvalue weighted by molar-refractivity contribution is 7.17. The Balaban J connectivity index is 1.05. The number of hydrogen-bond acceptors (Lipinski definition) is 9. The molecule has 3 aromatic rings. The van der Waals surface area contributed by atoms with Crippen molar-refractivity contribution in [2.75, 3.05) is 54.8 Å². The van der Waals surface area contributed by atoms with Gasteiger partial charge in [-0.2, -0.15) is 0 Å². The fraction of sp³-hybridized carbons (Fsp3) is 0.464. The lowest BCUT2D eigenvalue weighted by atomic mass is 10.0. The second-order valence-electron chi connectivity index (χ2n) is 11.1. The van der Waals surface area contributed by atoms with Crippen LogP contribution in [0.5, 0.6) is 0 Å². The predicted molar refractivity (Wildman–Crippen MR) is 160 cm³/mol. The highest BCUT2D eigenvalue weighted by Crippen LogP contribution is 2.40. The van der Waals surface area contributed by atoms with Crippen LogP contribution in [0.1, 0.15) is 33.9 Å². The van der Waals surface area contributed by atoms with Crippen LogP contribution in [0.3, 0.4) is 0 Å². The van der Waals surface area contributed by atoms with E-state index in [1.807, 2.05) is 32.0 Å². The van der Waals surface area contributed by atoms with E-state index in [0.29, 0.717) is 63.3 Å². The van der Waals surface area contributed by atoms with E-state index in [4.69, 9.17) is 16.6 Å². The first-order chi connectivity index (χ1) is 19.7. The highest BCUT2D eigenvalue weighted by atomic mass is 35.5. The number of carbonyl (C=O) groups excluding carboxylic acids is 1. The molecule has 41 heavy (non-hydrogen) atoms. The molecule has 1 saturated carbocycles. The number of amides is 2. The Bertz CT molecular complexity index is 1430. The normalized spacial score (nSPS) is 22.6. The summed E-state index contributed by atoms with van der Waals surface area (Å²) >= 11 is 7.51. The van der Waals surface area contributed by atoms with Crippen LogP contribution in [0.4, 0.5) is 27.2 Å². The van der Waals surface area contributed by atoms with Crippen LogP contribution in [-0.2, 0) is 0 Å². The number of nitrogens with zero attached hydrogens (tertiary/aromatic N) is 6. The first kappa shape index (κ1) is 27.7. The van der Waals surface area contributed by atoms with Gasteiger partial charge in [0.2, 0.25) is 0 Å². The molecule has 3 atom stereocenters. The summed E-state index contributed by atoms with van der Waals surface area (Å²) in [5.74, 6) is 2.86. The van der Waals surface area contributed by atoms with Gasteiger partial charge in [-0.25, -0.2) is 19.7 Å². The zero-order valence-electron chi connectivity index (χ0n) is 23.0. The lowest BCUT2D eigenvalue weighted by molar-refractivity contribution is 0.103. The number of anilines is 4. The number of rotatable bonds is 6. The summed E-state index contributed by atoms with van der Waals surface area (Å²) in [6.45, 7) is 8.76. The molecule has 1 aromatic carbocycles. The van der Waals surface area contributed by atoms with Gasteiger partial charge in [-0.05, 0) is 50.2 Å². The van der Waals surface area contributed by atoms with Gasteiger partial charge in [0, 0.05) is 51.4 Å². The molecule has 2 aliphatic heterocycles. The molecular formula is C28H33ClN8O3S. The lowest BCUT2D eigenvalue weighted by Crippen LogP contribution is -2.50. The average Bonchev–Trinajstić information content (AvgIpc) is 3.66. The molecule has 6 rings (SSSR count). The molecule has 1 aliphatic carbocycles. The van der Waals surface area contributed by atoms with Gasteiger partial charge in [0.15, 0.2) is 5.13 Å². The summed E-state index contributed by atoms with van der Waals surface area (Å²) in [7, 11) is 0. The number of fused-ring (bicyclic) bond motifs is 1. The molecule has 3 N–H and O–H groups in total. The van der Waals surface area contributed by atoms with Crippen molar-refractivity contribution in [3.05, 3.63) is 51.7 Å². The van der Waals surface area contributed by atoms with Gasteiger partial charge in [0.05, 0.1) is 16.9 Å². The molecule has 4 heterocycles. The Morgan fingerprint density at radius 3 is 2.49 bits per heavy atom. The minimum absolute atomic E-state index is 0.269. The summed E-state index contributed by atoms with van der Waals surface area (Å²) in [6.07, 6.45) is 2.92. The van der Waals surface area contributed by atoms with Crippen molar-refractivity contribution in [1.82, 2.24) is 24.8 Å². The molecule has 2 saturated heterocycles. The Kier molecular flexibility index (Phi) is 7.71. The van der Waals surface area contributed by atoms with Crippen molar-refractivity contribution in [2.45, 2.75) is 32.7 Å². The van der Waals surface area contributed by atoms with E-state index in [1.54, 1.807) is 17.2 Å². The maximum absolute atomic E-state index is 12.8. The summed E-state index contributed by atoms with van der Waals surface area (Å²) < 4.78 is 0. The van der Waals surface area contributed by atoms with Crippen molar-refractivity contribution >= 4 is 57.4 Å². The highest BCUT2D eigenvalue weighted by Gasteiger charge is 2.44. The number of nitrogens with one attached hydrogen (secondary N) is 2. The third-order valence-corrected chi connectivity index (χ3v) is 9.63. The first-order valence-corrected chi connectivity index (χ1v) is 15.0. The smallest absolute Gasteiger partial charge is 0.407 e. The number of carboxylic acid groups (broad SMARTS) is 1. The van der Waals surface area contributed by atoms with Gasteiger partial charge in [0.25, 0.3) is 5.91 Å². The summed E-state index contributed by atoms with van der Waals surface area (Å²) in [6, 6.07) is 7.94. The monoisotopic (exact) mass is 596 g/mol. The summed E-state index contributed by atoms with van der Waals surface area (Å²) in [4.78, 5) is 44.7. The molecule has 216 valence electrons. The van der Waals surface area contributed by atoms with Crippen LogP contribution in [0.15, 0.2) is 30.5 Å². The predicted octanol–water partition coefficient (Wildman–Crippen LogP) is 4.71. The van der Waals surface area contributed by atoms with E-state index < -0.39 is 6.09 Å². The second kappa shape index (κ2) is 11.4. The van der Waals surface area contributed by atoms with E-state index in [0.717, 1.165) is 50.4 Å². The Labute approximate surface area is 247 Å². The zero-order valence-corrected chi connectivity index (χ0v) is 24.6. The largest absolute Gasteiger partial charge is 0.465 e. The number of aromatic nitrogens is 3. The molecular weight excluding hydrogens is 564 g/mol. The van der Waals surface area contributed by atoms with Crippen molar-refractivity contribution in [1.29, 1.82) is 0 Å². The second-order valence-corrected chi connectivity index (χ2v) is 12.5. The maximum Gasteiger partial charge on any atom is 0.407 e. The minimum atomic E-state index is -0.789. The van der Waals surface area contributed by atoms with Crippen LogP contribution in [0.2, 0.25) is 5.02 Å². The zero-order chi connectivity index (χ0) is 28.7. The number of halogens is 1. The van der Waals surface area contributed by atoms with Crippen LogP contribution in [0.25, 0.3) is 0 Å². The Morgan fingerprint density at radius 2 is 1.80 bits per heavy atom. The molecule has 2 aromatic heterocycles. The molecule has 0 bridgehead atoms. The topological polar surface area (TPSA) is 127 Å². The number of aryl methyl sites for hydroxylation is 2. The standard InChI is InChI=1S/C28H33ClN8O3S/c1-16-4-3-5-21(29)25(16)34-26(38)22-13-30-27(41-22)33-23-12-24(32-17(2)31-23)36-8-6-35(7-9-36)20-10-18-14-37(28(39)40)15-19(18)11-20/h3-5,12-13,18-20H,6-11,14-15H2,1-2H3,(H,34,38)(H,39,40)(H,30,31,32,33)/t18-,19+,20?. The number of piperazine rings is 1. The van der Waals surface area contributed by atoms with Crippen LogP contribution >= 0.6 is 22.9 Å². The molecule has 13 heteroatoms. The number of hydrogen-bond donors (Lipinski definition) is 3. The molecule has 3 fully saturated rings. The average molecular weight is 597 g/mol. The maximum atomic E-state index is 12.8. The minimum Gasteiger partial charge on any atom is -0.465 e. The van der Waals surface area contributed by atoms with Gasteiger partial charge >= 0.3 is 6.09 Å². The summed E-state index contributed by atoms with van der Waals surface area (Å²) in [5.41, 5.74) is 1.48. The fourth-order valence-electron chi connectivity index (χ4n) is 6.33. The SMILES string of the molecule is Cc1nc(Nc2ncc(C(=O)Nc3c(C)cccc3Cl)s2)cc(N2CCN(C3C[C@@H]4CN(C(=O)O)C[C@@H]4C3)CC2)n1. The van der Waals surface area contributed by atoms with E-state index in [9.17, 15) is 14.7 Å². The number of benzene rings is 1. The molecule has 1 unspecified atom stereocenters. The van der Waals surface area contributed by atoms with Crippen molar-refractivity contribution in [3.63, 3.8) is 0 Å². The van der Waals surface area contributed by atoms with Crippen molar-refractivity contribution < 1.29 is 14.7 Å². The quantitative estimate of drug-likeness (QED) is 0.371. The number of carbonyl (C=O) groups is 2. The fourth-order valence-corrected chi connectivity index (χ4v) is 7.32. The molecule has 2 amide bonds. The molecule has 0 radical (unpaired) electrons. The van der Waals surface area contributed by atoms with Gasteiger partial charge in [-0.15, -0.1) is 0 Å². The van der Waals surface area contributed by atoms with Gasteiger partial charge in [-0.3, -0.25) is 9.69 Å². The first-order valence-electron chi connectivity index (χ1n) is 13.9. The van der Waals surface area contributed by atoms with Crippen LogP contribution in [-0.4, -0.2) is 87.2 Å². The number of thiazole rings is 1. The van der Waals surface area contributed by atoms with Gasteiger partial charge in [0.1, 0.15) is 22.3 Å². The third-order valence-electron chi connectivity index (χ3n) is 8.40. The van der Waals surface area contributed by atoms with E-state index in [2.05, 4.69) is 30.4 Å².